The maximum atomic E-state index is 11.5. The van der Waals surface area contributed by atoms with Gasteiger partial charge < -0.3 is 9.47 Å². The molecule has 0 aromatic heterocycles. The Balaban J connectivity index is 2.09. The number of carbonyl (C=O) groups is 1. The van der Waals surface area contributed by atoms with Crippen LogP contribution < -0.4 is 0 Å². The van der Waals surface area contributed by atoms with Gasteiger partial charge in [-0.25, -0.2) is 0 Å². The minimum atomic E-state index is -0.232. The standard InChI is InChI=1S/C20H27IO3/c1-5-18-13(2)14(3)20(23-15(4)22)19(24-18)11-7-9-16-8-6-10-17(21)12-16/h6-10,12-14,18-20H,5,11H2,1-4H3/b9-7+/t13-,14-,18+,19+,20-/m0/s1. The molecular weight excluding hydrogens is 415 g/mol. The molecule has 0 bridgehead atoms. The zero-order valence-corrected chi connectivity index (χ0v) is 17.0. The molecule has 1 aliphatic heterocycles. The Morgan fingerprint density at radius 2 is 2.04 bits per heavy atom. The third-order valence-electron chi connectivity index (χ3n) is 4.88. The number of halogens is 1. The third kappa shape index (κ3) is 5.06. The normalized spacial score (nSPS) is 30.5. The zero-order chi connectivity index (χ0) is 17.7. The van der Waals surface area contributed by atoms with Gasteiger partial charge in [0.25, 0.3) is 0 Å². The molecule has 1 fully saturated rings. The Morgan fingerprint density at radius 3 is 2.67 bits per heavy atom. The van der Waals surface area contributed by atoms with Crippen molar-refractivity contribution in [1.82, 2.24) is 0 Å². The van der Waals surface area contributed by atoms with Crippen LogP contribution in [-0.4, -0.2) is 24.3 Å². The molecule has 0 N–H and O–H groups in total. The summed E-state index contributed by atoms with van der Waals surface area (Å²) in [6, 6.07) is 8.36. The van der Waals surface area contributed by atoms with E-state index >= 15 is 0 Å². The van der Waals surface area contributed by atoms with Crippen LogP contribution in [0.5, 0.6) is 0 Å². The van der Waals surface area contributed by atoms with Crippen LogP contribution in [0.4, 0.5) is 0 Å². The van der Waals surface area contributed by atoms with E-state index < -0.39 is 0 Å². The first-order chi connectivity index (χ1) is 11.4. The fourth-order valence-corrected chi connectivity index (χ4v) is 3.95. The van der Waals surface area contributed by atoms with Crippen molar-refractivity contribution in [2.75, 3.05) is 0 Å². The number of carbonyl (C=O) groups excluding carboxylic acids is 1. The van der Waals surface area contributed by atoms with E-state index in [1.54, 1.807) is 0 Å². The minimum Gasteiger partial charge on any atom is -0.459 e. The van der Waals surface area contributed by atoms with Gasteiger partial charge in [-0.05, 0) is 59.0 Å². The number of ether oxygens (including phenoxy) is 2. The maximum Gasteiger partial charge on any atom is 0.303 e. The molecule has 0 spiro atoms. The number of rotatable bonds is 5. The van der Waals surface area contributed by atoms with Gasteiger partial charge in [0.05, 0.1) is 12.2 Å². The number of hydrogen-bond acceptors (Lipinski definition) is 3. The fourth-order valence-electron chi connectivity index (χ4n) is 3.38. The lowest BCUT2D eigenvalue weighted by molar-refractivity contribution is -0.193. The van der Waals surface area contributed by atoms with Crippen LogP contribution in [0.25, 0.3) is 6.08 Å². The number of hydrogen-bond donors (Lipinski definition) is 0. The molecule has 0 unspecified atom stereocenters. The average molecular weight is 442 g/mol. The summed E-state index contributed by atoms with van der Waals surface area (Å²) >= 11 is 2.31. The molecular formula is C20H27IO3. The van der Waals surface area contributed by atoms with Crippen molar-refractivity contribution in [1.29, 1.82) is 0 Å². The van der Waals surface area contributed by atoms with Gasteiger partial charge in [-0.1, -0.05) is 45.1 Å². The summed E-state index contributed by atoms with van der Waals surface area (Å²) in [6.45, 7) is 7.98. The lowest BCUT2D eigenvalue weighted by Gasteiger charge is -2.44. The molecule has 1 aromatic rings. The highest BCUT2D eigenvalue weighted by Crippen LogP contribution is 2.35. The van der Waals surface area contributed by atoms with Crippen molar-refractivity contribution in [2.24, 2.45) is 11.8 Å². The van der Waals surface area contributed by atoms with E-state index in [1.165, 1.54) is 16.1 Å². The van der Waals surface area contributed by atoms with Crippen LogP contribution in [0.2, 0.25) is 0 Å². The van der Waals surface area contributed by atoms with E-state index in [0.29, 0.717) is 11.8 Å². The lowest BCUT2D eigenvalue weighted by atomic mass is 9.79. The van der Waals surface area contributed by atoms with Crippen molar-refractivity contribution in [3.63, 3.8) is 0 Å². The van der Waals surface area contributed by atoms with Gasteiger partial charge in [0, 0.05) is 16.4 Å². The molecule has 5 atom stereocenters. The highest BCUT2D eigenvalue weighted by molar-refractivity contribution is 14.1. The van der Waals surface area contributed by atoms with Gasteiger partial charge in [0.15, 0.2) is 0 Å². The highest BCUT2D eigenvalue weighted by atomic mass is 127. The molecule has 0 radical (unpaired) electrons. The van der Waals surface area contributed by atoms with E-state index in [-0.39, 0.29) is 24.3 Å². The highest BCUT2D eigenvalue weighted by Gasteiger charge is 2.41. The molecule has 3 nitrogen and oxygen atoms in total. The predicted octanol–water partition coefficient (Wildman–Crippen LogP) is 5.08. The van der Waals surface area contributed by atoms with Crippen LogP contribution in [0, 0.1) is 15.4 Å². The van der Waals surface area contributed by atoms with E-state index in [4.69, 9.17) is 9.47 Å². The largest absolute Gasteiger partial charge is 0.459 e. The van der Waals surface area contributed by atoms with Crippen LogP contribution in [0.3, 0.4) is 0 Å². The van der Waals surface area contributed by atoms with E-state index in [0.717, 1.165) is 12.8 Å². The van der Waals surface area contributed by atoms with Gasteiger partial charge in [-0.15, -0.1) is 0 Å². The van der Waals surface area contributed by atoms with E-state index in [9.17, 15) is 4.79 Å². The molecule has 0 saturated carbocycles. The topological polar surface area (TPSA) is 35.5 Å². The Bertz CT molecular complexity index is 584. The third-order valence-corrected chi connectivity index (χ3v) is 5.55. The zero-order valence-electron chi connectivity index (χ0n) is 14.9. The average Bonchev–Trinajstić information content (AvgIpc) is 2.53. The predicted molar refractivity (Wildman–Crippen MR) is 106 cm³/mol. The van der Waals surface area contributed by atoms with Crippen LogP contribution >= 0.6 is 22.6 Å². The first-order valence-electron chi connectivity index (χ1n) is 8.67. The second-order valence-corrected chi connectivity index (χ2v) is 7.85. The molecule has 4 heteroatoms. The Labute approximate surface area is 158 Å². The molecule has 0 amide bonds. The minimum absolute atomic E-state index is 0.0796. The van der Waals surface area contributed by atoms with E-state index in [1.807, 2.05) is 0 Å². The second-order valence-electron chi connectivity index (χ2n) is 6.61. The van der Waals surface area contributed by atoms with Gasteiger partial charge in [-0.3, -0.25) is 4.79 Å². The fraction of sp³-hybridized carbons (Fsp3) is 0.550. The summed E-state index contributed by atoms with van der Waals surface area (Å²) in [7, 11) is 0. The van der Waals surface area contributed by atoms with Gasteiger partial charge in [-0.2, -0.15) is 0 Å². The van der Waals surface area contributed by atoms with Crippen molar-refractivity contribution in [2.45, 2.75) is 58.8 Å². The lowest BCUT2D eigenvalue weighted by Crippen LogP contribution is -2.50. The van der Waals surface area contributed by atoms with Crippen molar-refractivity contribution < 1.29 is 14.3 Å². The molecule has 2 rings (SSSR count). The van der Waals surface area contributed by atoms with Crippen molar-refractivity contribution in [3.8, 4) is 0 Å². The molecule has 1 saturated heterocycles. The smallest absolute Gasteiger partial charge is 0.303 e. The Morgan fingerprint density at radius 1 is 1.29 bits per heavy atom. The second kappa shape index (κ2) is 8.99. The number of benzene rings is 1. The maximum absolute atomic E-state index is 11.5. The molecule has 1 aliphatic rings. The summed E-state index contributed by atoms with van der Waals surface area (Å²) in [4.78, 5) is 11.5. The summed E-state index contributed by atoms with van der Waals surface area (Å²) in [5.41, 5.74) is 1.18. The van der Waals surface area contributed by atoms with Crippen molar-refractivity contribution >= 4 is 34.6 Å². The number of esters is 1. The van der Waals surface area contributed by atoms with Crippen LogP contribution in [0.1, 0.15) is 46.1 Å². The quantitative estimate of drug-likeness (QED) is 0.472. The van der Waals surface area contributed by atoms with E-state index in [2.05, 4.69) is 79.8 Å². The SMILES string of the molecule is CC[C@H]1O[C@H](C/C=C/c2cccc(I)c2)[C@@H](OC(C)=O)[C@@H](C)[C@@H]1C. The first-order valence-corrected chi connectivity index (χ1v) is 9.75. The summed E-state index contributed by atoms with van der Waals surface area (Å²) in [5, 5.41) is 0. The molecule has 132 valence electrons. The van der Waals surface area contributed by atoms with Gasteiger partial charge in [0.1, 0.15) is 6.10 Å². The Kier molecular flexibility index (Phi) is 7.29. The molecule has 1 heterocycles. The summed E-state index contributed by atoms with van der Waals surface area (Å²) in [6.07, 6.45) is 5.93. The summed E-state index contributed by atoms with van der Waals surface area (Å²) < 4.78 is 13.1. The molecule has 24 heavy (non-hydrogen) atoms. The summed E-state index contributed by atoms with van der Waals surface area (Å²) in [5.74, 6) is 0.447. The van der Waals surface area contributed by atoms with Gasteiger partial charge >= 0.3 is 5.97 Å². The Hall–Kier alpha value is -0.880. The molecule has 1 aromatic carbocycles. The van der Waals surface area contributed by atoms with Crippen LogP contribution in [0.15, 0.2) is 30.3 Å². The molecule has 0 aliphatic carbocycles. The van der Waals surface area contributed by atoms with Crippen LogP contribution in [-0.2, 0) is 14.3 Å². The first kappa shape index (κ1) is 19.4. The van der Waals surface area contributed by atoms with Gasteiger partial charge in [0.2, 0.25) is 0 Å². The van der Waals surface area contributed by atoms with Crippen molar-refractivity contribution in [3.05, 3.63) is 39.5 Å². The monoisotopic (exact) mass is 442 g/mol.